The van der Waals surface area contributed by atoms with Crippen molar-refractivity contribution in [2.24, 2.45) is 11.1 Å². The molecular formula is C13H20N2. The molecule has 0 atom stereocenters. The lowest BCUT2D eigenvalue weighted by atomic mass is 9.60. The predicted molar refractivity (Wildman–Crippen MR) is 63.8 cm³/mol. The Balaban J connectivity index is 1.97. The summed E-state index contributed by atoms with van der Waals surface area (Å²) in [4.78, 5) is 0. The zero-order valence-corrected chi connectivity index (χ0v) is 9.37. The molecule has 1 saturated carbocycles. The number of nitrogens with one attached hydrogen (secondary N) is 1. The average Bonchev–Trinajstić information content (AvgIpc) is 2.24. The lowest BCUT2D eigenvalue weighted by Gasteiger charge is -2.47. The van der Waals surface area contributed by atoms with Crippen molar-refractivity contribution in [3.8, 4) is 0 Å². The van der Waals surface area contributed by atoms with Crippen LogP contribution in [-0.4, -0.2) is 20.1 Å². The smallest absolute Gasteiger partial charge is 0.00173 e. The van der Waals surface area contributed by atoms with Crippen LogP contribution in [0.3, 0.4) is 0 Å². The summed E-state index contributed by atoms with van der Waals surface area (Å²) < 4.78 is 0. The number of benzene rings is 1. The summed E-state index contributed by atoms with van der Waals surface area (Å²) in [5.41, 5.74) is 7.68. The highest BCUT2D eigenvalue weighted by atomic mass is 14.9. The van der Waals surface area contributed by atoms with Crippen molar-refractivity contribution >= 4 is 0 Å². The van der Waals surface area contributed by atoms with Gasteiger partial charge in [-0.1, -0.05) is 30.3 Å². The SMILES string of the molecule is CNCC1(CN)CC(c2ccccc2)C1. The van der Waals surface area contributed by atoms with Crippen LogP contribution in [0.25, 0.3) is 0 Å². The third kappa shape index (κ3) is 2.06. The molecule has 1 aliphatic carbocycles. The summed E-state index contributed by atoms with van der Waals surface area (Å²) in [6.07, 6.45) is 2.46. The van der Waals surface area contributed by atoms with Crippen molar-refractivity contribution in [3.05, 3.63) is 35.9 Å². The second kappa shape index (κ2) is 4.33. The Hall–Kier alpha value is -0.860. The zero-order valence-electron chi connectivity index (χ0n) is 9.37. The minimum absolute atomic E-state index is 0.356. The first kappa shape index (κ1) is 10.7. The van der Waals surface area contributed by atoms with E-state index in [0.717, 1.165) is 19.0 Å². The topological polar surface area (TPSA) is 38.0 Å². The summed E-state index contributed by atoms with van der Waals surface area (Å²) in [5, 5.41) is 3.25. The predicted octanol–water partition coefficient (Wildman–Crippen LogP) is 1.73. The lowest BCUT2D eigenvalue weighted by Crippen LogP contribution is -2.48. The van der Waals surface area contributed by atoms with E-state index < -0.39 is 0 Å². The summed E-state index contributed by atoms with van der Waals surface area (Å²) in [7, 11) is 2.01. The normalized spacial score (nSPS) is 29.9. The summed E-state index contributed by atoms with van der Waals surface area (Å²) in [6, 6.07) is 10.8. The van der Waals surface area contributed by atoms with E-state index >= 15 is 0 Å². The third-order valence-electron chi connectivity index (χ3n) is 3.61. The maximum atomic E-state index is 5.86. The third-order valence-corrected chi connectivity index (χ3v) is 3.61. The molecule has 0 unspecified atom stereocenters. The van der Waals surface area contributed by atoms with E-state index in [2.05, 4.69) is 35.6 Å². The standard InChI is InChI=1S/C13H20N2/c1-15-10-13(9-14)7-12(8-13)11-5-3-2-4-6-11/h2-6,12,15H,7-10,14H2,1H3. The molecule has 1 aromatic rings. The van der Waals surface area contributed by atoms with Gasteiger partial charge in [0.05, 0.1) is 0 Å². The number of hydrogen-bond acceptors (Lipinski definition) is 2. The molecule has 0 saturated heterocycles. The maximum absolute atomic E-state index is 5.86. The molecule has 82 valence electrons. The second-order valence-electron chi connectivity index (χ2n) is 4.75. The Morgan fingerprint density at radius 3 is 2.53 bits per heavy atom. The van der Waals surface area contributed by atoms with Crippen LogP contribution in [-0.2, 0) is 0 Å². The van der Waals surface area contributed by atoms with E-state index in [1.165, 1.54) is 18.4 Å². The van der Waals surface area contributed by atoms with Crippen LogP contribution < -0.4 is 11.1 Å². The Morgan fingerprint density at radius 2 is 2.00 bits per heavy atom. The summed E-state index contributed by atoms with van der Waals surface area (Å²) >= 11 is 0. The number of rotatable bonds is 4. The summed E-state index contributed by atoms with van der Waals surface area (Å²) in [5.74, 6) is 0.725. The highest BCUT2D eigenvalue weighted by molar-refractivity contribution is 5.24. The molecule has 1 aliphatic rings. The van der Waals surface area contributed by atoms with Crippen LogP contribution in [0.2, 0.25) is 0 Å². The first-order valence-electron chi connectivity index (χ1n) is 5.69. The van der Waals surface area contributed by atoms with Gasteiger partial charge < -0.3 is 11.1 Å². The van der Waals surface area contributed by atoms with Gasteiger partial charge in [0, 0.05) is 6.54 Å². The van der Waals surface area contributed by atoms with E-state index in [-0.39, 0.29) is 0 Å². The first-order valence-corrected chi connectivity index (χ1v) is 5.69. The van der Waals surface area contributed by atoms with Gasteiger partial charge in [0.25, 0.3) is 0 Å². The Kier molecular flexibility index (Phi) is 3.08. The second-order valence-corrected chi connectivity index (χ2v) is 4.75. The Bertz CT molecular complexity index is 302. The van der Waals surface area contributed by atoms with Gasteiger partial charge in [-0.2, -0.15) is 0 Å². The molecule has 15 heavy (non-hydrogen) atoms. The van der Waals surface area contributed by atoms with Gasteiger partial charge in [0.2, 0.25) is 0 Å². The van der Waals surface area contributed by atoms with Crippen LogP contribution in [0.4, 0.5) is 0 Å². The van der Waals surface area contributed by atoms with Crippen LogP contribution in [0.15, 0.2) is 30.3 Å². The van der Waals surface area contributed by atoms with Gasteiger partial charge in [0.1, 0.15) is 0 Å². The number of nitrogens with two attached hydrogens (primary N) is 1. The van der Waals surface area contributed by atoms with Crippen LogP contribution in [0.1, 0.15) is 24.3 Å². The minimum Gasteiger partial charge on any atom is -0.330 e. The molecule has 0 spiro atoms. The molecule has 2 rings (SSSR count). The first-order chi connectivity index (χ1) is 7.29. The van der Waals surface area contributed by atoms with Gasteiger partial charge in [-0.05, 0) is 43.3 Å². The van der Waals surface area contributed by atoms with E-state index in [1.54, 1.807) is 0 Å². The molecule has 0 bridgehead atoms. The van der Waals surface area contributed by atoms with Crippen molar-refractivity contribution < 1.29 is 0 Å². The molecule has 0 radical (unpaired) electrons. The molecule has 0 aliphatic heterocycles. The lowest BCUT2D eigenvalue weighted by molar-refractivity contribution is 0.112. The molecule has 0 amide bonds. The Morgan fingerprint density at radius 1 is 1.33 bits per heavy atom. The molecular weight excluding hydrogens is 184 g/mol. The number of hydrogen-bond donors (Lipinski definition) is 2. The van der Waals surface area contributed by atoms with Crippen molar-refractivity contribution in [2.75, 3.05) is 20.1 Å². The summed E-state index contributed by atoms with van der Waals surface area (Å²) in [6.45, 7) is 1.85. The van der Waals surface area contributed by atoms with E-state index in [0.29, 0.717) is 5.41 Å². The van der Waals surface area contributed by atoms with Gasteiger partial charge in [0.15, 0.2) is 0 Å². The highest BCUT2D eigenvalue weighted by Crippen LogP contribution is 2.49. The van der Waals surface area contributed by atoms with Crippen molar-refractivity contribution in [1.82, 2.24) is 5.32 Å². The molecule has 2 nitrogen and oxygen atoms in total. The van der Waals surface area contributed by atoms with Gasteiger partial charge in [-0.3, -0.25) is 0 Å². The fraction of sp³-hybridized carbons (Fsp3) is 0.538. The minimum atomic E-state index is 0.356. The van der Waals surface area contributed by atoms with Crippen LogP contribution in [0.5, 0.6) is 0 Å². The fourth-order valence-electron chi connectivity index (χ4n) is 2.70. The maximum Gasteiger partial charge on any atom is 0.00173 e. The van der Waals surface area contributed by atoms with E-state index in [1.807, 2.05) is 7.05 Å². The highest BCUT2D eigenvalue weighted by Gasteiger charge is 2.42. The van der Waals surface area contributed by atoms with Crippen molar-refractivity contribution in [2.45, 2.75) is 18.8 Å². The molecule has 0 heterocycles. The zero-order chi connectivity index (χ0) is 10.7. The van der Waals surface area contributed by atoms with Crippen LogP contribution >= 0.6 is 0 Å². The van der Waals surface area contributed by atoms with E-state index in [4.69, 9.17) is 5.73 Å². The van der Waals surface area contributed by atoms with Crippen LogP contribution in [0, 0.1) is 5.41 Å². The molecule has 1 aromatic carbocycles. The average molecular weight is 204 g/mol. The quantitative estimate of drug-likeness (QED) is 0.784. The van der Waals surface area contributed by atoms with Gasteiger partial charge >= 0.3 is 0 Å². The van der Waals surface area contributed by atoms with E-state index in [9.17, 15) is 0 Å². The van der Waals surface area contributed by atoms with Gasteiger partial charge in [-0.15, -0.1) is 0 Å². The van der Waals surface area contributed by atoms with Gasteiger partial charge in [-0.25, -0.2) is 0 Å². The Labute approximate surface area is 91.9 Å². The van der Waals surface area contributed by atoms with Crippen molar-refractivity contribution in [1.29, 1.82) is 0 Å². The molecule has 0 aromatic heterocycles. The largest absolute Gasteiger partial charge is 0.330 e. The molecule has 1 fully saturated rings. The monoisotopic (exact) mass is 204 g/mol. The molecule has 2 heteroatoms. The van der Waals surface area contributed by atoms with Crippen molar-refractivity contribution in [3.63, 3.8) is 0 Å². The molecule has 3 N–H and O–H groups in total. The fourth-order valence-corrected chi connectivity index (χ4v) is 2.70.